The lowest BCUT2D eigenvalue weighted by molar-refractivity contribution is -0.120. The Labute approximate surface area is 90.8 Å². The van der Waals surface area contributed by atoms with E-state index in [4.69, 9.17) is 0 Å². The SMILES string of the molecule is O.O=C1CCCCCN1.c1ccccc1. The molecule has 1 aromatic rings. The second kappa shape index (κ2) is 9.21. The van der Waals surface area contributed by atoms with Gasteiger partial charge in [-0.3, -0.25) is 4.79 Å². The lowest BCUT2D eigenvalue weighted by Crippen LogP contribution is -2.21. The molecule has 0 unspecified atom stereocenters. The van der Waals surface area contributed by atoms with Crippen LogP contribution in [-0.4, -0.2) is 17.9 Å². The summed E-state index contributed by atoms with van der Waals surface area (Å²) < 4.78 is 0. The predicted molar refractivity (Wildman–Crippen MR) is 61.5 cm³/mol. The summed E-state index contributed by atoms with van der Waals surface area (Å²) in [6.45, 7) is 0.888. The van der Waals surface area contributed by atoms with Gasteiger partial charge >= 0.3 is 0 Å². The Bertz CT molecular complexity index is 212. The van der Waals surface area contributed by atoms with E-state index in [0.29, 0.717) is 0 Å². The van der Waals surface area contributed by atoms with Gasteiger partial charge in [-0.2, -0.15) is 0 Å². The highest BCUT2D eigenvalue weighted by Crippen LogP contribution is 2.02. The van der Waals surface area contributed by atoms with Crippen molar-refractivity contribution in [2.75, 3.05) is 6.54 Å². The quantitative estimate of drug-likeness (QED) is 0.692. The minimum Gasteiger partial charge on any atom is -0.412 e. The van der Waals surface area contributed by atoms with Gasteiger partial charge in [-0.05, 0) is 12.8 Å². The van der Waals surface area contributed by atoms with E-state index >= 15 is 0 Å². The summed E-state index contributed by atoms with van der Waals surface area (Å²) in [5.74, 6) is 0.225. The second-order valence-electron chi connectivity index (χ2n) is 3.32. The van der Waals surface area contributed by atoms with E-state index < -0.39 is 0 Å². The van der Waals surface area contributed by atoms with Crippen molar-refractivity contribution < 1.29 is 10.3 Å². The zero-order valence-corrected chi connectivity index (χ0v) is 8.91. The highest BCUT2D eigenvalue weighted by molar-refractivity contribution is 5.75. The molecular formula is C12H19NO2. The normalized spacial score (nSPS) is 14.8. The summed E-state index contributed by atoms with van der Waals surface area (Å²) in [6.07, 6.45) is 4.18. The first-order valence-corrected chi connectivity index (χ1v) is 5.16. The minimum absolute atomic E-state index is 0. The van der Waals surface area contributed by atoms with Crippen molar-refractivity contribution in [1.82, 2.24) is 5.32 Å². The van der Waals surface area contributed by atoms with E-state index in [1.54, 1.807) is 0 Å². The van der Waals surface area contributed by atoms with Crippen molar-refractivity contribution in [1.29, 1.82) is 0 Å². The fourth-order valence-corrected chi connectivity index (χ4v) is 1.29. The molecule has 0 radical (unpaired) electrons. The van der Waals surface area contributed by atoms with E-state index in [2.05, 4.69) is 5.32 Å². The van der Waals surface area contributed by atoms with Gasteiger partial charge in [0.2, 0.25) is 5.91 Å². The van der Waals surface area contributed by atoms with Crippen LogP contribution in [0.1, 0.15) is 25.7 Å². The Morgan fingerprint density at radius 3 is 1.93 bits per heavy atom. The molecule has 1 amide bonds. The van der Waals surface area contributed by atoms with Gasteiger partial charge in [0, 0.05) is 13.0 Å². The van der Waals surface area contributed by atoms with Crippen LogP contribution in [0.15, 0.2) is 36.4 Å². The van der Waals surface area contributed by atoms with Gasteiger partial charge < -0.3 is 10.8 Å². The maximum absolute atomic E-state index is 10.6. The Kier molecular flexibility index (Phi) is 8.39. The molecule has 3 N–H and O–H groups in total. The number of benzene rings is 1. The van der Waals surface area contributed by atoms with Crippen molar-refractivity contribution >= 4 is 5.91 Å². The molecule has 1 aromatic carbocycles. The molecular weight excluding hydrogens is 190 g/mol. The van der Waals surface area contributed by atoms with Crippen molar-refractivity contribution in [3.63, 3.8) is 0 Å². The van der Waals surface area contributed by atoms with Crippen molar-refractivity contribution in [2.24, 2.45) is 0 Å². The van der Waals surface area contributed by atoms with Gasteiger partial charge in [-0.15, -0.1) is 0 Å². The van der Waals surface area contributed by atoms with E-state index in [1.165, 1.54) is 6.42 Å². The molecule has 0 saturated carbocycles. The van der Waals surface area contributed by atoms with Crippen LogP contribution < -0.4 is 5.32 Å². The van der Waals surface area contributed by atoms with Gasteiger partial charge in [0.25, 0.3) is 0 Å². The zero-order valence-electron chi connectivity index (χ0n) is 8.91. The van der Waals surface area contributed by atoms with E-state index in [-0.39, 0.29) is 11.4 Å². The minimum atomic E-state index is 0. The third-order valence-electron chi connectivity index (χ3n) is 2.07. The van der Waals surface area contributed by atoms with Gasteiger partial charge in [-0.1, -0.05) is 42.8 Å². The van der Waals surface area contributed by atoms with Crippen molar-refractivity contribution in [3.05, 3.63) is 36.4 Å². The molecule has 0 aliphatic carbocycles. The number of carbonyl (C=O) groups is 1. The fourth-order valence-electron chi connectivity index (χ4n) is 1.29. The maximum Gasteiger partial charge on any atom is 0.219 e. The number of amides is 1. The van der Waals surface area contributed by atoms with Gasteiger partial charge in [0.15, 0.2) is 0 Å². The lowest BCUT2D eigenvalue weighted by atomic mass is 10.2. The summed E-state index contributed by atoms with van der Waals surface area (Å²) in [5.41, 5.74) is 0. The molecule has 3 heteroatoms. The molecule has 1 aliphatic heterocycles. The van der Waals surface area contributed by atoms with Gasteiger partial charge in [0.05, 0.1) is 0 Å². The van der Waals surface area contributed by atoms with Crippen LogP contribution in [0.4, 0.5) is 0 Å². The van der Waals surface area contributed by atoms with E-state index in [9.17, 15) is 4.79 Å². The van der Waals surface area contributed by atoms with Crippen LogP contribution in [0.5, 0.6) is 0 Å². The third-order valence-corrected chi connectivity index (χ3v) is 2.07. The Balaban J connectivity index is 0.000000253. The Morgan fingerprint density at radius 1 is 0.867 bits per heavy atom. The topological polar surface area (TPSA) is 60.6 Å². The smallest absolute Gasteiger partial charge is 0.219 e. The molecule has 3 nitrogen and oxygen atoms in total. The second-order valence-corrected chi connectivity index (χ2v) is 3.32. The molecule has 0 bridgehead atoms. The maximum atomic E-state index is 10.6. The molecule has 0 spiro atoms. The molecule has 1 fully saturated rings. The van der Waals surface area contributed by atoms with Gasteiger partial charge in [0.1, 0.15) is 0 Å². The first-order chi connectivity index (χ1) is 6.89. The van der Waals surface area contributed by atoms with Crippen molar-refractivity contribution in [3.8, 4) is 0 Å². The summed E-state index contributed by atoms with van der Waals surface area (Å²) in [7, 11) is 0. The van der Waals surface area contributed by atoms with Crippen LogP contribution in [0.25, 0.3) is 0 Å². The van der Waals surface area contributed by atoms with Crippen LogP contribution in [0.2, 0.25) is 0 Å². The van der Waals surface area contributed by atoms with E-state index in [0.717, 1.165) is 25.8 Å². The van der Waals surface area contributed by atoms with Crippen LogP contribution >= 0.6 is 0 Å². The summed E-state index contributed by atoms with van der Waals surface area (Å²) in [5, 5.41) is 2.81. The molecule has 2 rings (SSSR count). The van der Waals surface area contributed by atoms with Crippen molar-refractivity contribution in [2.45, 2.75) is 25.7 Å². The number of hydrogen-bond acceptors (Lipinski definition) is 1. The van der Waals surface area contributed by atoms with Crippen LogP contribution in [0.3, 0.4) is 0 Å². The summed E-state index contributed by atoms with van der Waals surface area (Å²) in [6, 6.07) is 12.0. The molecule has 1 aliphatic rings. The fraction of sp³-hybridized carbons (Fsp3) is 0.417. The van der Waals surface area contributed by atoms with Crippen LogP contribution in [-0.2, 0) is 4.79 Å². The Morgan fingerprint density at radius 2 is 1.40 bits per heavy atom. The molecule has 1 heterocycles. The molecule has 84 valence electrons. The lowest BCUT2D eigenvalue weighted by Gasteiger charge is -1.93. The largest absolute Gasteiger partial charge is 0.412 e. The number of hydrogen-bond donors (Lipinski definition) is 1. The van der Waals surface area contributed by atoms with E-state index in [1.807, 2.05) is 36.4 Å². The Hall–Kier alpha value is -1.35. The predicted octanol–water partition coefficient (Wildman–Crippen LogP) is 1.54. The zero-order chi connectivity index (χ0) is 10.1. The summed E-state index contributed by atoms with van der Waals surface area (Å²) in [4.78, 5) is 10.6. The van der Waals surface area contributed by atoms with Gasteiger partial charge in [-0.25, -0.2) is 0 Å². The molecule has 1 saturated heterocycles. The first-order valence-electron chi connectivity index (χ1n) is 5.16. The highest BCUT2D eigenvalue weighted by atomic mass is 16.1. The number of nitrogens with one attached hydrogen (secondary N) is 1. The average Bonchev–Trinajstić information content (AvgIpc) is 2.49. The van der Waals surface area contributed by atoms with Crippen LogP contribution in [0, 0.1) is 0 Å². The standard InChI is InChI=1S/C6H11NO.C6H6.H2O/c8-6-4-2-1-3-5-7-6;1-2-4-6-5-3-1;/h1-5H2,(H,7,8);1-6H;1H2. The molecule has 0 atom stereocenters. The average molecular weight is 209 g/mol. The number of carbonyl (C=O) groups excluding carboxylic acids is 1. The third kappa shape index (κ3) is 7.70. The highest BCUT2D eigenvalue weighted by Gasteiger charge is 2.03. The molecule has 0 aromatic heterocycles. The summed E-state index contributed by atoms with van der Waals surface area (Å²) >= 11 is 0. The molecule has 15 heavy (non-hydrogen) atoms. The first kappa shape index (κ1) is 13.7. The number of rotatable bonds is 0. The monoisotopic (exact) mass is 209 g/mol.